The molecule has 23 heavy (non-hydrogen) atoms. The molecule has 0 aromatic carbocycles. The summed E-state index contributed by atoms with van der Waals surface area (Å²) in [5, 5.41) is 4.32. The van der Waals surface area contributed by atoms with Crippen LogP contribution in [0.15, 0.2) is 12.4 Å². The monoisotopic (exact) mass is 315 g/mol. The van der Waals surface area contributed by atoms with Gasteiger partial charge in [0.2, 0.25) is 0 Å². The summed E-state index contributed by atoms with van der Waals surface area (Å²) in [6.45, 7) is 4.47. The van der Waals surface area contributed by atoms with Gasteiger partial charge in [-0.3, -0.25) is 9.48 Å². The number of hydrogen-bond donors (Lipinski definition) is 1. The summed E-state index contributed by atoms with van der Waals surface area (Å²) >= 11 is 0. The van der Waals surface area contributed by atoms with Gasteiger partial charge in [-0.05, 0) is 32.8 Å². The maximum atomic E-state index is 13.1. The highest BCUT2D eigenvalue weighted by atomic mass is 16.2. The summed E-state index contributed by atoms with van der Waals surface area (Å²) < 4.78 is 1.69. The van der Waals surface area contributed by atoms with E-state index < -0.39 is 0 Å². The molecule has 1 aliphatic carbocycles. The lowest BCUT2D eigenvalue weighted by atomic mass is 9.93. The van der Waals surface area contributed by atoms with Crippen LogP contribution in [0.25, 0.3) is 0 Å². The number of aromatic amines is 1. The van der Waals surface area contributed by atoms with Gasteiger partial charge in [0.25, 0.3) is 5.91 Å². The van der Waals surface area contributed by atoms with E-state index in [-0.39, 0.29) is 5.91 Å². The Bertz CT molecular complexity index is 681. The molecule has 0 atom stereocenters. The molecule has 2 heterocycles. The molecule has 3 rings (SSSR count). The van der Waals surface area contributed by atoms with E-state index in [1.165, 1.54) is 19.3 Å². The number of H-pyrrole nitrogens is 1. The fourth-order valence-corrected chi connectivity index (χ4v) is 3.43. The summed E-state index contributed by atoms with van der Waals surface area (Å²) in [4.78, 5) is 22.6. The molecule has 1 N–H and O–H groups in total. The molecule has 0 spiro atoms. The lowest BCUT2D eigenvalue weighted by Crippen LogP contribution is -2.42. The van der Waals surface area contributed by atoms with Crippen LogP contribution in [-0.2, 0) is 13.6 Å². The largest absolute Gasteiger partial charge is 0.348 e. The maximum absolute atomic E-state index is 13.1. The van der Waals surface area contributed by atoms with Gasteiger partial charge in [0, 0.05) is 18.8 Å². The first-order valence-electron chi connectivity index (χ1n) is 8.36. The molecule has 6 heteroatoms. The number of hydrogen-bond acceptors (Lipinski definition) is 3. The second-order valence-corrected chi connectivity index (χ2v) is 6.49. The third-order valence-corrected chi connectivity index (χ3v) is 4.75. The summed E-state index contributed by atoms with van der Waals surface area (Å²) in [5.74, 6) is 0.0578. The minimum absolute atomic E-state index is 0.0578. The van der Waals surface area contributed by atoms with E-state index in [2.05, 4.69) is 15.1 Å². The first-order valence-corrected chi connectivity index (χ1v) is 8.36. The number of carbonyl (C=O) groups excluding carboxylic acids is 1. The Morgan fingerprint density at radius 2 is 2.09 bits per heavy atom. The van der Waals surface area contributed by atoms with Crippen LogP contribution in [-0.4, -0.2) is 36.6 Å². The Labute approximate surface area is 136 Å². The maximum Gasteiger partial charge on any atom is 0.272 e. The number of aryl methyl sites for hydroxylation is 3. The van der Waals surface area contributed by atoms with E-state index in [4.69, 9.17) is 0 Å². The van der Waals surface area contributed by atoms with Gasteiger partial charge in [-0.25, -0.2) is 4.98 Å². The molecule has 1 amide bonds. The van der Waals surface area contributed by atoms with Gasteiger partial charge in [0.05, 0.1) is 24.3 Å². The molecule has 1 aliphatic rings. The van der Waals surface area contributed by atoms with Gasteiger partial charge < -0.3 is 9.88 Å². The Balaban J connectivity index is 1.89. The summed E-state index contributed by atoms with van der Waals surface area (Å²) in [6.07, 6.45) is 7.50. The SMILES string of the molecule is Cc1cc(C(=O)N(Cc2nc[nH]c2C)C2CCCCC2)n(C)n1. The molecule has 1 saturated carbocycles. The van der Waals surface area contributed by atoms with E-state index >= 15 is 0 Å². The van der Waals surface area contributed by atoms with Crippen molar-refractivity contribution in [1.82, 2.24) is 24.6 Å². The Morgan fingerprint density at radius 1 is 1.35 bits per heavy atom. The Hall–Kier alpha value is -2.11. The summed E-state index contributed by atoms with van der Waals surface area (Å²) in [6, 6.07) is 2.16. The number of imidazole rings is 1. The van der Waals surface area contributed by atoms with Crippen LogP contribution < -0.4 is 0 Å². The average molecular weight is 315 g/mol. The first kappa shape index (κ1) is 15.8. The molecule has 0 bridgehead atoms. The van der Waals surface area contributed by atoms with Crippen molar-refractivity contribution in [3.8, 4) is 0 Å². The Morgan fingerprint density at radius 3 is 2.65 bits per heavy atom. The Kier molecular flexibility index (Phi) is 4.50. The van der Waals surface area contributed by atoms with Crippen LogP contribution in [0.5, 0.6) is 0 Å². The van der Waals surface area contributed by atoms with E-state index in [0.29, 0.717) is 18.3 Å². The molecule has 6 nitrogen and oxygen atoms in total. The third-order valence-electron chi connectivity index (χ3n) is 4.75. The number of aromatic nitrogens is 4. The molecule has 2 aromatic heterocycles. The summed E-state index contributed by atoms with van der Waals surface area (Å²) in [7, 11) is 1.83. The second kappa shape index (κ2) is 6.56. The van der Waals surface area contributed by atoms with Gasteiger partial charge in [-0.15, -0.1) is 0 Å². The molecule has 2 aromatic rings. The zero-order chi connectivity index (χ0) is 16.4. The van der Waals surface area contributed by atoms with Crippen LogP contribution in [0.4, 0.5) is 0 Å². The van der Waals surface area contributed by atoms with Crippen molar-refractivity contribution in [2.75, 3.05) is 0 Å². The predicted molar refractivity (Wildman–Crippen MR) is 88.0 cm³/mol. The molecule has 0 saturated heterocycles. The number of rotatable bonds is 4. The topological polar surface area (TPSA) is 66.8 Å². The van der Waals surface area contributed by atoms with Gasteiger partial charge in [0.1, 0.15) is 5.69 Å². The molecular weight excluding hydrogens is 290 g/mol. The minimum Gasteiger partial charge on any atom is -0.348 e. The number of nitrogens with zero attached hydrogens (tertiary/aromatic N) is 4. The van der Waals surface area contributed by atoms with Crippen molar-refractivity contribution in [3.05, 3.63) is 35.2 Å². The second-order valence-electron chi connectivity index (χ2n) is 6.49. The highest BCUT2D eigenvalue weighted by Gasteiger charge is 2.29. The molecular formula is C17H25N5O. The molecule has 0 unspecified atom stereocenters. The van der Waals surface area contributed by atoms with Crippen LogP contribution >= 0.6 is 0 Å². The zero-order valence-electron chi connectivity index (χ0n) is 14.2. The standard InChI is InChI=1S/C17H25N5O/c1-12-9-16(21(3)20-12)17(23)22(14-7-5-4-6-8-14)10-15-13(2)18-11-19-15/h9,11,14H,4-8,10H2,1-3H3,(H,18,19). The smallest absolute Gasteiger partial charge is 0.272 e. The minimum atomic E-state index is 0.0578. The van der Waals surface area contributed by atoms with Crippen molar-refractivity contribution in [3.63, 3.8) is 0 Å². The van der Waals surface area contributed by atoms with E-state index in [1.807, 2.05) is 31.9 Å². The first-order chi connectivity index (χ1) is 11.1. The lowest BCUT2D eigenvalue weighted by Gasteiger charge is -2.34. The molecule has 124 valence electrons. The van der Waals surface area contributed by atoms with Crippen LogP contribution in [0.2, 0.25) is 0 Å². The average Bonchev–Trinajstić information content (AvgIpc) is 3.10. The molecule has 0 aliphatic heterocycles. The molecule has 0 radical (unpaired) electrons. The predicted octanol–water partition coefficient (Wildman–Crippen LogP) is 2.74. The van der Waals surface area contributed by atoms with Crippen molar-refractivity contribution >= 4 is 5.91 Å². The van der Waals surface area contributed by atoms with Gasteiger partial charge in [-0.1, -0.05) is 19.3 Å². The van der Waals surface area contributed by atoms with Crippen molar-refractivity contribution < 1.29 is 4.79 Å². The van der Waals surface area contributed by atoms with E-state index in [0.717, 1.165) is 29.9 Å². The van der Waals surface area contributed by atoms with Gasteiger partial charge in [0.15, 0.2) is 0 Å². The fourth-order valence-electron chi connectivity index (χ4n) is 3.43. The molecule has 1 fully saturated rings. The van der Waals surface area contributed by atoms with Crippen molar-refractivity contribution in [1.29, 1.82) is 0 Å². The van der Waals surface area contributed by atoms with Crippen molar-refractivity contribution in [2.24, 2.45) is 7.05 Å². The third kappa shape index (κ3) is 3.30. The van der Waals surface area contributed by atoms with Gasteiger partial charge in [-0.2, -0.15) is 5.10 Å². The van der Waals surface area contributed by atoms with E-state index in [9.17, 15) is 4.79 Å². The normalized spacial score (nSPS) is 15.8. The number of carbonyl (C=O) groups is 1. The number of nitrogens with one attached hydrogen (secondary N) is 1. The summed E-state index contributed by atoms with van der Waals surface area (Å²) in [5.41, 5.74) is 3.50. The van der Waals surface area contributed by atoms with Crippen LogP contribution in [0.1, 0.15) is 59.7 Å². The lowest BCUT2D eigenvalue weighted by molar-refractivity contribution is 0.0599. The van der Waals surface area contributed by atoms with Gasteiger partial charge >= 0.3 is 0 Å². The van der Waals surface area contributed by atoms with Crippen LogP contribution in [0.3, 0.4) is 0 Å². The quantitative estimate of drug-likeness (QED) is 0.943. The van der Waals surface area contributed by atoms with E-state index in [1.54, 1.807) is 11.0 Å². The highest BCUT2D eigenvalue weighted by molar-refractivity contribution is 5.93. The zero-order valence-corrected chi connectivity index (χ0v) is 14.2. The highest BCUT2D eigenvalue weighted by Crippen LogP contribution is 2.26. The number of amides is 1. The fraction of sp³-hybridized carbons (Fsp3) is 0.588. The van der Waals surface area contributed by atoms with Crippen LogP contribution in [0, 0.1) is 13.8 Å². The van der Waals surface area contributed by atoms with Crippen molar-refractivity contribution in [2.45, 2.75) is 58.5 Å².